The van der Waals surface area contributed by atoms with E-state index in [4.69, 9.17) is 14.0 Å². The summed E-state index contributed by atoms with van der Waals surface area (Å²) in [6, 6.07) is 8.66. The SMILES string of the molecule is COc1ccc(C)c(-n2nc(B3OC(C)(C)C(C)(C)O3)ccc2=O)c1. The van der Waals surface area contributed by atoms with Crippen molar-refractivity contribution in [1.29, 1.82) is 0 Å². The molecule has 0 atom stereocenters. The highest BCUT2D eigenvalue weighted by molar-refractivity contribution is 6.61. The van der Waals surface area contributed by atoms with Gasteiger partial charge in [0.25, 0.3) is 5.56 Å². The van der Waals surface area contributed by atoms with Gasteiger partial charge in [-0.15, -0.1) is 0 Å². The maximum Gasteiger partial charge on any atom is 0.516 e. The lowest BCUT2D eigenvalue weighted by molar-refractivity contribution is 0.00578. The molecule has 0 amide bonds. The van der Waals surface area contributed by atoms with Gasteiger partial charge in [-0.2, -0.15) is 9.78 Å². The number of aromatic nitrogens is 2. The molecule has 0 N–H and O–H groups in total. The topological polar surface area (TPSA) is 62.6 Å². The molecule has 7 heteroatoms. The van der Waals surface area contributed by atoms with Gasteiger partial charge >= 0.3 is 7.12 Å². The minimum Gasteiger partial charge on any atom is -0.497 e. The van der Waals surface area contributed by atoms with Crippen LogP contribution in [-0.4, -0.2) is 35.2 Å². The van der Waals surface area contributed by atoms with E-state index in [9.17, 15) is 4.79 Å². The number of hydrogen-bond donors (Lipinski definition) is 0. The summed E-state index contributed by atoms with van der Waals surface area (Å²) in [6.07, 6.45) is 0. The van der Waals surface area contributed by atoms with Crippen LogP contribution in [0.2, 0.25) is 0 Å². The summed E-state index contributed by atoms with van der Waals surface area (Å²) in [5.74, 6) is 0.662. The number of ether oxygens (including phenoxy) is 1. The first-order valence-electron chi connectivity index (χ1n) is 8.25. The fourth-order valence-electron chi connectivity index (χ4n) is 2.63. The summed E-state index contributed by atoms with van der Waals surface area (Å²) in [5.41, 5.74) is 0.986. The standard InChI is InChI=1S/C18H23BN2O4/c1-12-7-8-13(23-6)11-14(12)21-16(22)10-9-15(20-21)19-24-17(2,3)18(4,5)25-19/h7-11H,1-6H3. The Morgan fingerprint density at radius 3 is 2.32 bits per heavy atom. The molecule has 0 saturated carbocycles. The summed E-state index contributed by atoms with van der Waals surface area (Å²) < 4.78 is 18.7. The first-order valence-corrected chi connectivity index (χ1v) is 8.25. The Morgan fingerprint density at radius 1 is 1.08 bits per heavy atom. The molecule has 1 aromatic carbocycles. The van der Waals surface area contributed by atoms with Gasteiger partial charge in [0.15, 0.2) is 0 Å². The van der Waals surface area contributed by atoms with E-state index in [1.165, 1.54) is 10.7 Å². The first-order chi connectivity index (χ1) is 11.6. The van der Waals surface area contributed by atoms with E-state index < -0.39 is 18.3 Å². The molecule has 2 heterocycles. The monoisotopic (exact) mass is 342 g/mol. The fraction of sp³-hybridized carbons (Fsp3) is 0.444. The van der Waals surface area contributed by atoms with E-state index >= 15 is 0 Å². The van der Waals surface area contributed by atoms with Gasteiger partial charge in [-0.3, -0.25) is 4.79 Å². The Bertz CT molecular complexity index is 844. The fourth-order valence-corrected chi connectivity index (χ4v) is 2.63. The van der Waals surface area contributed by atoms with E-state index in [0.29, 0.717) is 17.0 Å². The second-order valence-electron chi connectivity index (χ2n) is 7.25. The lowest BCUT2D eigenvalue weighted by Crippen LogP contribution is -2.41. The van der Waals surface area contributed by atoms with E-state index in [-0.39, 0.29) is 5.56 Å². The molecular formula is C18H23BN2O4. The number of benzene rings is 1. The molecule has 0 unspecified atom stereocenters. The van der Waals surface area contributed by atoms with Crippen molar-refractivity contribution in [3.8, 4) is 11.4 Å². The molecule has 1 aromatic heterocycles. The van der Waals surface area contributed by atoms with E-state index in [1.54, 1.807) is 19.2 Å². The zero-order valence-corrected chi connectivity index (χ0v) is 15.5. The Kier molecular flexibility index (Phi) is 4.25. The zero-order chi connectivity index (χ0) is 18.4. The molecule has 1 saturated heterocycles. The molecule has 3 rings (SSSR count). The van der Waals surface area contributed by atoms with Crippen LogP contribution in [0, 0.1) is 6.92 Å². The molecule has 1 aliphatic rings. The van der Waals surface area contributed by atoms with Crippen LogP contribution in [-0.2, 0) is 9.31 Å². The van der Waals surface area contributed by atoms with Gasteiger partial charge in [-0.25, -0.2) is 0 Å². The molecule has 0 spiro atoms. The van der Waals surface area contributed by atoms with Crippen LogP contribution in [0.25, 0.3) is 5.69 Å². The Hall–Kier alpha value is -2.12. The predicted molar refractivity (Wildman–Crippen MR) is 96.8 cm³/mol. The predicted octanol–water partition coefficient (Wildman–Crippen LogP) is 1.85. The number of nitrogens with zero attached hydrogens (tertiary/aromatic N) is 2. The molecule has 1 fully saturated rings. The first kappa shape index (κ1) is 17.7. The molecule has 0 aliphatic carbocycles. The molecular weight excluding hydrogens is 319 g/mol. The smallest absolute Gasteiger partial charge is 0.497 e. The second kappa shape index (κ2) is 6.00. The maximum absolute atomic E-state index is 12.4. The van der Waals surface area contributed by atoms with Gasteiger partial charge in [0.05, 0.1) is 29.6 Å². The van der Waals surface area contributed by atoms with Crippen molar-refractivity contribution in [3.05, 3.63) is 46.2 Å². The zero-order valence-electron chi connectivity index (χ0n) is 15.5. The molecule has 6 nitrogen and oxygen atoms in total. The highest BCUT2D eigenvalue weighted by atomic mass is 16.7. The minimum absolute atomic E-state index is 0.225. The van der Waals surface area contributed by atoms with E-state index in [2.05, 4.69) is 5.10 Å². The van der Waals surface area contributed by atoms with Gasteiger partial charge in [0.2, 0.25) is 0 Å². The van der Waals surface area contributed by atoms with Crippen molar-refractivity contribution in [2.75, 3.05) is 7.11 Å². The molecule has 25 heavy (non-hydrogen) atoms. The van der Waals surface area contributed by atoms with Gasteiger partial charge in [0, 0.05) is 12.1 Å². The Morgan fingerprint density at radius 2 is 1.72 bits per heavy atom. The third-order valence-corrected chi connectivity index (χ3v) is 4.96. The van der Waals surface area contributed by atoms with Gasteiger partial charge in [-0.1, -0.05) is 6.07 Å². The van der Waals surface area contributed by atoms with Crippen molar-refractivity contribution in [2.45, 2.75) is 45.8 Å². The highest BCUT2D eigenvalue weighted by Gasteiger charge is 2.52. The minimum atomic E-state index is -0.622. The van der Waals surface area contributed by atoms with Crippen LogP contribution < -0.4 is 15.9 Å². The second-order valence-corrected chi connectivity index (χ2v) is 7.25. The quantitative estimate of drug-likeness (QED) is 0.797. The summed E-state index contributed by atoms with van der Waals surface area (Å²) in [5, 5.41) is 4.49. The average Bonchev–Trinajstić information content (AvgIpc) is 2.76. The van der Waals surface area contributed by atoms with Crippen molar-refractivity contribution >= 4 is 12.7 Å². The number of aryl methyl sites for hydroxylation is 1. The third kappa shape index (κ3) is 3.09. The van der Waals surface area contributed by atoms with Crippen LogP contribution in [0.4, 0.5) is 0 Å². The highest BCUT2D eigenvalue weighted by Crippen LogP contribution is 2.36. The van der Waals surface area contributed by atoms with E-state index in [0.717, 1.165) is 5.56 Å². The van der Waals surface area contributed by atoms with Crippen LogP contribution >= 0.6 is 0 Å². The van der Waals surface area contributed by atoms with Crippen molar-refractivity contribution in [3.63, 3.8) is 0 Å². The van der Waals surface area contributed by atoms with Crippen LogP contribution in [0.3, 0.4) is 0 Å². The number of hydrogen-bond acceptors (Lipinski definition) is 5. The summed E-state index contributed by atoms with van der Waals surface area (Å²) >= 11 is 0. The molecule has 132 valence electrons. The lowest BCUT2D eigenvalue weighted by atomic mass is 9.84. The van der Waals surface area contributed by atoms with Crippen LogP contribution in [0.5, 0.6) is 5.75 Å². The Labute approximate surface area is 147 Å². The normalized spacial score (nSPS) is 18.4. The molecule has 0 bridgehead atoms. The largest absolute Gasteiger partial charge is 0.516 e. The van der Waals surface area contributed by atoms with Crippen LogP contribution in [0.1, 0.15) is 33.3 Å². The lowest BCUT2D eigenvalue weighted by Gasteiger charge is -2.32. The number of rotatable bonds is 3. The van der Waals surface area contributed by atoms with Crippen molar-refractivity contribution < 1.29 is 14.0 Å². The third-order valence-electron chi connectivity index (χ3n) is 4.96. The molecule has 2 aromatic rings. The van der Waals surface area contributed by atoms with Gasteiger partial charge in [-0.05, 0) is 52.3 Å². The van der Waals surface area contributed by atoms with E-state index in [1.807, 2.05) is 46.8 Å². The van der Waals surface area contributed by atoms with Crippen molar-refractivity contribution in [2.24, 2.45) is 0 Å². The molecule has 1 aliphatic heterocycles. The maximum atomic E-state index is 12.4. The molecule has 0 radical (unpaired) electrons. The summed E-state index contributed by atoms with van der Waals surface area (Å²) in [6.45, 7) is 9.85. The summed E-state index contributed by atoms with van der Waals surface area (Å²) in [7, 11) is 0.966. The number of methoxy groups -OCH3 is 1. The Balaban J connectivity index is 2.05. The van der Waals surface area contributed by atoms with Gasteiger partial charge in [0.1, 0.15) is 5.75 Å². The summed E-state index contributed by atoms with van der Waals surface area (Å²) in [4.78, 5) is 12.4. The van der Waals surface area contributed by atoms with Crippen molar-refractivity contribution in [1.82, 2.24) is 9.78 Å². The average molecular weight is 342 g/mol. The van der Waals surface area contributed by atoms with Crippen LogP contribution in [0.15, 0.2) is 35.1 Å². The van der Waals surface area contributed by atoms with Gasteiger partial charge < -0.3 is 14.0 Å².